The highest BCUT2D eigenvalue weighted by Gasteiger charge is 2.19. The van der Waals surface area contributed by atoms with Gasteiger partial charge in [0.25, 0.3) is 0 Å². The predicted octanol–water partition coefficient (Wildman–Crippen LogP) is 1.18. The smallest absolute Gasteiger partial charge is 0.231 e. The predicted molar refractivity (Wildman–Crippen MR) is 73.2 cm³/mol. The Morgan fingerprint density at radius 1 is 1.58 bits per heavy atom. The summed E-state index contributed by atoms with van der Waals surface area (Å²) in [6, 6.07) is 1.97. The second-order valence-electron chi connectivity index (χ2n) is 5.66. The SMILES string of the molecule is CC(CNS(=O)O)c1nc2cc(C(C)(C)C)[nH]n2n1. The third-order valence-corrected chi connectivity index (χ3v) is 3.32. The van der Waals surface area contributed by atoms with Crippen LogP contribution in [0.5, 0.6) is 0 Å². The summed E-state index contributed by atoms with van der Waals surface area (Å²) in [5, 5.41) is 7.54. The first-order valence-corrected chi connectivity index (χ1v) is 7.18. The van der Waals surface area contributed by atoms with Gasteiger partial charge in [0.15, 0.2) is 11.5 Å². The van der Waals surface area contributed by atoms with Gasteiger partial charge < -0.3 is 0 Å². The van der Waals surface area contributed by atoms with Crippen molar-refractivity contribution in [3.05, 3.63) is 17.6 Å². The Bertz CT molecular complexity index is 566. The largest absolute Gasteiger partial charge is 0.294 e. The van der Waals surface area contributed by atoms with Gasteiger partial charge in [-0.25, -0.2) is 13.9 Å². The Morgan fingerprint density at radius 2 is 2.26 bits per heavy atom. The fourth-order valence-corrected chi connectivity index (χ4v) is 2.07. The van der Waals surface area contributed by atoms with Gasteiger partial charge >= 0.3 is 0 Å². The third-order valence-electron chi connectivity index (χ3n) is 2.91. The first kappa shape index (κ1) is 14.2. The average molecular weight is 285 g/mol. The Hall–Kier alpha value is -1.25. The van der Waals surface area contributed by atoms with Crippen LogP contribution in [0.15, 0.2) is 6.07 Å². The number of aromatic amines is 1. The molecule has 0 radical (unpaired) electrons. The number of nitrogens with zero attached hydrogens (tertiary/aromatic N) is 3. The number of aromatic nitrogens is 4. The van der Waals surface area contributed by atoms with Crippen LogP contribution >= 0.6 is 0 Å². The number of hydrogen-bond donors (Lipinski definition) is 3. The lowest BCUT2D eigenvalue weighted by Crippen LogP contribution is -2.22. The van der Waals surface area contributed by atoms with Gasteiger partial charge in [-0.3, -0.25) is 9.65 Å². The second kappa shape index (κ2) is 5.03. The molecule has 106 valence electrons. The summed E-state index contributed by atoms with van der Waals surface area (Å²) < 4.78 is 23.3. The molecule has 2 unspecified atom stereocenters. The summed E-state index contributed by atoms with van der Waals surface area (Å²) in [4.78, 5) is 4.42. The molecule has 0 aliphatic heterocycles. The molecule has 2 heterocycles. The van der Waals surface area contributed by atoms with E-state index in [-0.39, 0.29) is 11.3 Å². The second-order valence-corrected chi connectivity index (χ2v) is 6.45. The monoisotopic (exact) mass is 285 g/mol. The number of rotatable bonds is 4. The number of nitrogens with one attached hydrogen (secondary N) is 2. The van der Waals surface area contributed by atoms with E-state index in [1.807, 2.05) is 13.0 Å². The van der Waals surface area contributed by atoms with Crippen molar-refractivity contribution in [1.82, 2.24) is 24.5 Å². The lowest BCUT2D eigenvalue weighted by Gasteiger charge is -2.14. The fourth-order valence-electron chi connectivity index (χ4n) is 1.67. The van der Waals surface area contributed by atoms with Gasteiger partial charge in [0.1, 0.15) is 0 Å². The first-order valence-electron chi connectivity index (χ1n) is 6.08. The molecule has 0 amide bonds. The maximum absolute atomic E-state index is 10.6. The number of H-pyrrole nitrogens is 1. The van der Waals surface area contributed by atoms with E-state index in [0.717, 1.165) is 11.3 Å². The van der Waals surface area contributed by atoms with E-state index in [1.165, 1.54) is 0 Å². The number of hydrogen-bond acceptors (Lipinski definition) is 3. The highest BCUT2D eigenvalue weighted by Crippen LogP contribution is 2.22. The molecule has 2 atom stereocenters. The highest BCUT2D eigenvalue weighted by molar-refractivity contribution is 7.77. The van der Waals surface area contributed by atoms with Crippen molar-refractivity contribution in [1.29, 1.82) is 0 Å². The summed E-state index contributed by atoms with van der Waals surface area (Å²) in [6.07, 6.45) is 0. The van der Waals surface area contributed by atoms with Gasteiger partial charge in [0, 0.05) is 29.6 Å². The molecule has 0 aromatic carbocycles. The minimum Gasteiger partial charge on any atom is -0.294 e. The van der Waals surface area contributed by atoms with E-state index in [2.05, 4.69) is 40.7 Å². The Balaban J connectivity index is 2.19. The molecular formula is C11H19N5O2S. The minimum atomic E-state index is -2.00. The van der Waals surface area contributed by atoms with Gasteiger partial charge in [-0.05, 0) is 0 Å². The summed E-state index contributed by atoms with van der Waals surface area (Å²) >= 11 is -2.00. The molecule has 2 rings (SSSR count). The molecule has 8 heteroatoms. The van der Waals surface area contributed by atoms with Crippen molar-refractivity contribution in [2.75, 3.05) is 6.54 Å². The van der Waals surface area contributed by atoms with Gasteiger partial charge in [-0.1, -0.05) is 27.7 Å². The van der Waals surface area contributed by atoms with E-state index in [9.17, 15) is 4.21 Å². The van der Waals surface area contributed by atoms with Crippen molar-refractivity contribution in [3.63, 3.8) is 0 Å². The van der Waals surface area contributed by atoms with Crippen LogP contribution in [0.3, 0.4) is 0 Å². The standard InChI is InChI=1S/C11H19N5O2S/c1-7(6-12-19(17)18)10-13-9-5-8(11(2,3)4)14-16(9)15-10/h5,7,12,14H,6H2,1-4H3,(H,17,18). The molecule has 0 aliphatic carbocycles. The van der Waals surface area contributed by atoms with Crippen molar-refractivity contribution in [3.8, 4) is 0 Å². The van der Waals surface area contributed by atoms with Gasteiger partial charge in [0.2, 0.25) is 11.3 Å². The van der Waals surface area contributed by atoms with Crippen molar-refractivity contribution < 1.29 is 8.76 Å². The van der Waals surface area contributed by atoms with Crippen LogP contribution in [0.25, 0.3) is 5.65 Å². The topological polar surface area (TPSA) is 95.3 Å². The maximum atomic E-state index is 10.6. The summed E-state index contributed by atoms with van der Waals surface area (Å²) in [5.41, 5.74) is 1.84. The molecular weight excluding hydrogens is 266 g/mol. The lowest BCUT2D eigenvalue weighted by atomic mass is 9.93. The molecule has 0 aliphatic rings. The van der Waals surface area contributed by atoms with Crippen molar-refractivity contribution in [2.45, 2.75) is 39.0 Å². The molecule has 0 saturated heterocycles. The fraction of sp³-hybridized carbons (Fsp3) is 0.636. The molecule has 0 fully saturated rings. The summed E-state index contributed by atoms with van der Waals surface area (Å²) in [7, 11) is 0. The molecule has 2 aromatic heterocycles. The summed E-state index contributed by atoms with van der Waals surface area (Å²) in [5.74, 6) is 0.604. The van der Waals surface area contributed by atoms with E-state index in [4.69, 9.17) is 4.55 Å². The van der Waals surface area contributed by atoms with Crippen LogP contribution in [0.1, 0.15) is 45.1 Å². The average Bonchev–Trinajstić information content (AvgIpc) is 2.81. The Labute approximate surface area is 114 Å². The van der Waals surface area contributed by atoms with Gasteiger partial charge in [-0.15, -0.1) is 5.10 Å². The van der Waals surface area contributed by atoms with Gasteiger partial charge in [-0.2, -0.15) is 4.63 Å². The van der Waals surface area contributed by atoms with Crippen LogP contribution in [0, 0.1) is 0 Å². The Kier molecular flexibility index (Phi) is 3.75. The molecule has 0 saturated carbocycles. The van der Waals surface area contributed by atoms with Crippen LogP contribution in [0.4, 0.5) is 0 Å². The van der Waals surface area contributed by atoms with Gasteiger partial charge in [0.05, 0.1) is 0 Å². The molecule has 0 spiro atoms. The normalized spacial score (nSPS) is 15.8. The van der Waals surface area contributed by atoms with Crippen LogP contribution in [-0.4, -0.2) is 35.1 Å². The zero-order valence-corrected chi connectivity index (χ0v) is 12.3. The minimum absolute atomic E-state index is 0.0174. The van der Waals surface area contributed by atoms with E-state index in [1.54, 1.807) is 4.63 Å². The van der Waals surface area contributed by atoms with E-state index in [0.29, 0.717) is 12.4 Å². The molecule has 7 nitrogen and oxygen atoms in total. The maximum Gasteiger partial charge on any atom is 0.231 e. The zero-order chi connectivity index (χ0) is 14.2. The zero-order valence-electron chi connectivity index (χ0n) is 11.5. The quantitative estimate of drug-likeness (QED) is 0.735. The summed E-state index contributed by atoms with van der Waals surface area (Å²) in [6.45, 7) is 8.59. The first-order chi connectivity index (χ1) is 8.77. The van der Waals surface area contributed by atoms with Crippen molar-refractivity contribution >= 4 is 16.9 Å². The molecule has 3 N–H and O–H groups in total. The van der Waals surface area contributed by atoms with Crippen LogP contribution in [-0.2, 0) is 16.7 Å². The molecule has 19 heavy (non-hydrogen) atoms. The lowest BCUT2D eigenvalue weighted by molar-refractivity contribution is 0.538. The Morgan fingerprint density at radius 3 is 2.79 bits per heavy atom. The highest BCUT2D eigenvalue weighted by atomic mass is 32.2. The van der Waals surface area contributed by atoms with E-state index >= 15 is 0 Å². The van der Waals surface area contributed by atoms with Crippen LogP contribution < -0.4 is 4.72 Å². The van der Waals surface area contributed by atoms with Crippen molar-refractivity contribution in [2.24, 2.45) is 0 Å². The third kappa shape index (κ3) is 3.20. The van der Waals surface area contributed by atoms with E-state index < -0.39 is 11.3 Å². The number of fused-ring (bicyclic) bond motifs is 1. The molecule has 2 aromatic rings. The molecule has 0 bridgehead atoms. The van der Waals surface area contributed by atoms with Crippen LogP contribution in [0.2, 0.25) is 0 Å².